The topological polar surface area (TPSA) is 67.4 Å². The second-order valence-corrected chi connectivity index (χ2v) is 4.62. The van der Waals surface area contributed by atoms with E-state index in [2.05, 4.69) is 17.2 Å². The van der Waals surface area contributed by atoms with Crippen molar-refractivity contribution in [3.8, 4) is 0 Å². The molecular weight excluding hydrogens is 280 g/mol. The molecular formula is C17H18N2O3. The summed E-state index contributed by atoms with van der Waals surface area (Å²) in [5, 5.41) is 7.65. The Morgan fingerprint density at radius 2 is 1.86 bits per heavy atom. The van der Waals surface area contributed by atoms with Crippen LogP contribution in [0.15, 0.2) is 55.1 Å². The zero-order valence-corrected chi connectivity index (χ0v) is 12.2. The van der Waals surface area contributed by atoms with E-state index < -0.39 is 5.97 Å². The molecule has 0 bridgehead atoms. The fourth-order valence-corrected chi connectivity index (χ4v) is 2.06. The predicted octanol–water partition coefficient (Wildman–Crippen LogP) is 2.37. The van der Waals surface area contributed by atoms with Crippen LogP contribution in [0.4, 0.5) is 4.79 Å². The SMILES string of the molecule is C=CC(=O)OCCNC(=O)NCc1cccc2ccccc12. The van der Waals surface area contributed by atoms with Crippen LogP contribution in [-0.4, -0.2) is 25.2 Å². The Kier molecular flexibility index (Phi) is 5.54. The van der Waals surface area contributed by atoms with E-state index in [4.69, 9.17) is 4.74 Å². The van der Waals surface area contributed by atoms with Crippen LogP contribution in [0, 0.1) is 0 Å². The van der Waals surface area contributed by atoms with E-state index in [9.17, 15) is 9.59 Å². The normalized spacial score (nSPS) is 10.0. The molecule has 0 aliphatic heterocycles. The molecule has 0 aliphatic rings. The number of rotatable bonds is 6. The standard InChI is InChI=1S/C17H18N2O3/c1-2-16(20)22-11-10-18-17(21)19-12-14-8-5-7-13-6-3-4-9-15(13)14/h2-9H,1,10-12H2,(H2,18,19,21). The van der Waals surface area contributed by atoms with Gasteiger partial charge in [-0.1, -0.05) is 49.0 Å². The number of benzene rings is 2. The molecule has 0 saturated heterocycles. The van der Waals surface area contributed by atoms with Gasteiger partial charge in [-0.15, -0.1) is 0 Å². The van der Waals surface area contributed by atoms with Crippen LogP contribution >= 0.6 is 0 Å². The van der Waals surface area contributed by atoms with Crippen molar-refractivity contribution in [2.45, 2.75) is 6.54 Å². The summed E-state index contributed by atoms with van der Waals surface area (Å²) in [6.45, 7) is 4.09. The highest BCUT2D eigenvalue weighted by Crippen LogP contribution is 2.17. The molecule has 0 aliphatic carbocycles. The number of urea groups is 1. The zero-order valence-electron chi connectivity index (χ0n) is 12.2. The van der Waals surface area contributed by atoms with Crippen molar-refractivity contribution in [3.05, 3.63) is 60.7 Å². The molecule has 5 heteroatoms. The Morgan fingerprint density at radius 1 is 1.09 bits per heavy atom. The molecule has 22 heavy (non-hydrogen) atoms. The molecule has 0 fully saturated rings. The van der Waals surface area contributed by atoms with Crippen LogP contribution in [0.2, 0.25) is 0 Å². The minimum atomic E-state index is -0.502. The summed E-state index contributed by atoms with van der Waals surface area (Å²) >= 11 is 0. The van der Waals surface area contributed by atoms with E-state index in [0.29, 0.717) is 6.54 Å². The number of carbonyl (C=O) groups excluding carboxylic acids is 2. The molecule has 5 nitrogen and oxygen atoms in total. The van der Waals surface area contributed by atoms with Crippen molar-refractivity contribution in [2.24, 2.45) is 0 Å². The van der Waals surface area contributed by atoms with Gasteiger partial charge in [0.2, 0.25) is 0 Å². The number of hydrogen-bond donors (Lipinski definition) is 2. The quantitative estimate of drug-likeness (QED) is 0.489. The van der Waals surface area contributed by atoms with Gasteiger partial charge in [-0.25, -0.2) is 9.59 Å². The lowest BCUT2D eigenvalue weighted by Crippen LogP contribution is -2.37. The van der Waals surface area contributed by atoms with Crippen molar-refractivity contribution >= 4 is 22.8 Å². The summed E-state index contributed by atoms with van der Waals surface area (Å²) in [5.74, 6) is -0.502. The van der Waals surface area contributed by atoms with Crippen molar-refractivity contribution in [1.29, 1.82) is 0 Å². The van der Waals surface area contributed by atoms with Crippen LogP contribution in [0.5, 0.6) is 0 Å². The summed E-state index contributed by atoms with van der Waals surface area (Å²) in [4.78, 5) is 22.5. The molecule has 2 aromatic rings. The van der Waals surface area contributed by atoms with Gasteiger partial charge in [0.15, 0.2) is 0 Å². The average Bonchev–Trinajstić information content (AvgIpc) is 2.56. The van der Waals surface area contributed by atoms with Gasteiger partial charge in [0.1, 0.15) is 6.61 Å². The Labute approximate surface area is 129 Å². The van der Waals surface area contributed by atoms with Crippen LogP contribution in [0.1, 0.15) is 5.56 Å². The van der Waals surface area contributed by atoms with Crippen molar-refractivity contribution in [2.75, 3.05) is 13.2 Å². The van der Waals surface area contributed by atoms with Crippen LogP contribution in [-0.2, 0) is 16.1 Å². The lowest BCUT2D eigenvalue weighted by molar-refractivity contribution is -0.137. The van der Waals surface area contributed by atoms with E-state index in [1.165, 1.54) is 0 Å². The van der Waals surface area contributed by atoms with Gasteiger partial charge in [-0.05, 0) is 16.3 Å². The second-order valence-electron chi connectivity index (χ2n) is 4.62. The number of ether oxygens (including phenoxy) is 1. The van der Waals surface area contributed by atoms with E-state index in [-0.39, 0.29) is 19.2 Å². The van der Waals surface area contributed by atoms with E-state index in [0.717, 1.165) is 22.4 Å². The van der Waals surface area contributed by atoms with E-state index >= 15 is 0 Å². The van der Waals surface area contributed by atoms with Crippen molar-refractivity contribution in [1.82, 2.24) is 10.6 Å². The molecule has 2 amide bonds. The Hall–Kier alpha value is -2.82. The lowest BCUT2D eigenvalue weighted by atomic mass is 10.0. The molecule has 0 unspecified atom stereocenters. The number of carbonyl (C=O) groups is 2. The van der Waals surface area contributed by atoms with Crippen LogP contribution in [0.3, 0.4) is 0 Å². The summed E-state index contributed by atoms with van der Waals surface area (Å²) < 4.78 is 4.76. The first-order valence-electron chi connectivity index (χ1n) is 6.98. The number of amides is 2. The molecule has 0 heterocycles. The first-order valence-corrected chi connectivity index (χ1v) is 6.98. The molecule has 2 rings (SSSR count). The third kappa shape index (κ3) is 4.34. The largest absolute Gasteiger partial charge is 0.461 e. The van der Waals surface area contributed by atoms with Gasteiger partial charge >= 0.3 is 12.0 Å². The van der Waals surface area contributed by atoms with E-state index in [1.807, 2.05) is 42.5 Å². The highest BCUT2D eigenvalue weighted by Gasteiger charge is 2.03. The summed E-state index contributed by atoms with van der Waals surface area (Å²) in [5.41, 5.74) is 1.05. The van der Waals surface area contributed by atoms with Gasteiger partial charge in [-0.3, -0.25) is 0 Å². The molecule has 0 spiro atoms. The van der Waals surface area contributed by atoms with Gasteiger partial charge in [-0.2, -0.15) is 0 Å². The number of nitrogens with one attached hydrogen (secondary N) is 2. The average molecular weight is 298 g/mol. The highest BCUT2D eigenvalue weighted by molar-refractivity contribution is 5.86. The van der Waals surface area contributed by atoms with Gasteiger partial charge in [0.25, 0.3) is 0 Å². The third-order valence-electron chi connectivity index (χ3n) is 3.12. The number of esters is 1. The van der Waals surface area contributed by atoms with Crippen LogP contribution in [0.25, 0.3) is 10.8 Å². The predicted molar refractivity (Wildman–Crippen MR) is 85.3 cm³/mol. The summed E-state index contributed by atoms with van der Waals surface area (Å²) in [6.07, 6.45) is 1.08. The molecule has 2 aromatic carbocycles. The minimum absolute atomic E-state index is 0.118. The summed E-state index contributed by atoms with van der Waals surface area (Å²) in [7, 11) is 0. The highest BCUT2D eigenvalue weighted by atomic mass is 16.5. The Morgan fingerprint density at radius 3 is 2.68 bits per heavy atom. The maximum atomic E-state index is 11.7. The first-order chi connectivity index (χ1) is 10.7. The molecule has 0 atom stereocenters. The molecule has 0 aromatic heterocycles. The molecule has 114 valence electrons. The van der Waals surface area contributed by atoms with Crippen molar-refractivity contribution < 1.29 is 14.3 Å². The van der Waals surface area contributed by atoms with Crippen LogP contribution < -0.4 is 10.6 Å². The Balaban J connectivity index is 1.80. The molecule has 0 radical (unpaired) electrons. The number of hydrogen-bond acceptors (Lipinski definition) is 3. The minimum Gasteiger partial charge on any atom is -0.461 e. The fraction of sp³-hybridized carbons (Fsp3) is 0.176. The first kappa shape index (κ1) is 15.6. The fourth-order valence-electron chi connectivity index (χ4n) is 2.06. The van der Waals surface area contributed by atoms with Crippen molar-refractivity contribution in [3.63, 3.8) is 0 Å². The lowest BCUT2D eigenvalue weighted by Gasteiger charge is -2.09. The van der Waals surface area contributed by atoms with Gasteiger partial charge in [0, 0.05) is 12.6 Å². The zero-order chi connectivity index (χ0) is 15.8. The van der Waals surface area contributed by atoms with Gasteiger partial charge < -0.3 is 15.4 Å². The monoisotopic (exact) mass is 298 g/mol. The second kappa shape index (κ2) is 7.83. The molecule has 2 N–H and O–H groups in total. The molecule has 0 saturated carbocycles. The van der Waals surface area contributed by atoms with E-state index in [1.54, 1.807) is 0 Å². The third-order valence-corrected chi connectivity index (χ3v) is 3.12. The maximum Gasteiger partial charge on any atom is 0.330 e. The number of fused-ring (bicyclic) bond motifs is 1. The maximum absolute atomic E-state index is 11.7. The Bertz CT molecular complexity index is 677. The smallest absolute Gasteiger partial charge is 0.330 e. The summed E-state index contributed by atoms with van der Waals surface area (Å²) in [6, 6.07) is 13.7. The van der Waals surface area contributed by atoms with Gasteiger partial charge in [0.05, 0.1) is 6.54 Å².